The Balaban J connectivity index is 2.12. The van der Waals surface area contributed by atoms with Gasteiger partial charge in [-0.2, -0.15) is 5.10 Å². The molecule has 0 saturated carbocycles. The molecule has 90 valence electrons. The van der Waals surface area contributed by atoms with E-state index in [-0.39, 0.29) is 0 Å². The minimum absolute atomic E-state index is 0.551. The molecule has 0 spiro atoms. The fourth-order valence-corrected chi connectivity index (χ4v) is 1.63. The van der Waals surface area contributed by atoms with Gasteiger partial charge in [-0.05, 0) is 33.0 Å². The van der Waals surface area contributed by atoms with Gasteiger partial charge in [-0.3, -0.25) is 4.90 Å². The van der Waals surface area contributed by atoms with Gasteiger partial charge in [0.05, 0.1) is 11.9 Å². The van der Waals surface area contributed by atoms with Gasteiger partial charge < -0.3 is 0 Å². The summed E-state index contributed by atoms with van der Waals surface area (Å²) >= 11 is 0. The van der Waals surface area contributed by atoms with Gasteiger partial charge in [-0.25, -0.2) is 4.68 Å². The molecule has 0 atom stereocenters. The number of hydrogen-bond donors (Lipinski definition) is 0. The number of nitrogens with zero attached hydrogens (tertiary/aromatic N) is 3. The Labute approximate surface area is 103 Å². The second-order valence-corrected chi connectivity index (χ2v) is 4.64. The van der Waals surface area contributed by atoms with E-state index >= 15 is 0 Å². The second-order valence-electron chi connectivity index (χ2n) is 4.64. The zero-order chi connectivity index (χ0) is 12.3. The van der Waals surface area contributed by atoms with Gasteiger partial charge in [-0.1, -0.05) is 18.2 Å². The van der Waals surface area contributed by atoms with Gasteiger partial charge in [0.2, 0.25) is 0 Å². The van der Waals surface area contributed by atoms with E-state index in [9.17, 15) is 0 Å². The molecule has 3 heteroatoms. The number of rotatable bonds is 4. The molecule has 0 fully saturated rings. The molecule has 3 nitrogen and oxygen atoms in total. The van der Waals surface area contributed by atoms with E-state index in [1.165, 1.54) is 5.56 Å². The molecule has 0 radical (unpaired) electrons. The molecule has 1 aromatic heterocycles. The highest BCUT2D eigenvalue weighted by molar-refractivity contribution is 5.30. The smallest absolute Gasteiger partial charge is 0.0645 e. The highest BCUT2D eigenvalue weighted by Crippen LogP contribution is 2.10. The lowest BCUT2D eigenvalue weighted by atomic mass is 10.3. The van der Waals surface area contributed by atoms with Gasteiger partial charge in [0.25, 0.3) is 0 Å². The zero-order valence-corrected chi connectivity index (χ0v) is 10.7. The standard InChI is InChI=1S/C14H19N3/c1-12(2)16(3)10-13-9-15-17(11-13)14-7-5-4-6-8-14/h4-9,11-12H,10H2,1-3H3. The summed E-state index contributed by atoms with van der Waals surface area (Å²) in [6, 6.07) is 10.7. The van der Waals surface area contributed by atoms with E-state index in [0.29, 0.717) is 6.04 Å². The van der Waals surface area contributed by atoms with Crippen molar-refractivity contribution in [2.75, 3.05) is 7.05 Å². The Morgan fingerprint density at radius 2 is 1.94 bits per heavy atom. The molecule has 0 unspecified atom stereocenters. The predicted molar refractivity (Wildman–Crippen MR) is 70.2 cm³/mol. The summed E-state index contributed by atoms with van der Waals surface area (Å²) in [5, 5.41) is 4.39. The molecule has 0 aliphatic heterocycles. The maximum absolute atomic E-state index is 4.39. The van der Waals surface area contributed by atoms with Crippen LogP contribution in [0.3, 0.4) is 0 Å². The Kier molecular flexibility index (Phi) is 3.59. The molecule has 2 rings (SSSR count). The Morgan fingerprint density at radius 3 is 2.59 bits per heavy atom. The molecule has 0 amide bonds. The lowest BCUT2D eigenvalue weighted by Gasteiger charge is -2.19. The molecule has 1 heterocycles. The quantitative estimate of drug-likeness (QED) is 0.803. The first-order valence-corrected chi connectivity index (χ1v) is 5.96. The Bertz CT molecular complexity index is 459. The topological polar surface area (TPSA) is 21.1 Å². The summed E-state index contributed by atoms with van der Waals surface area (Å²) in [4.78, 5) is 2.30. The normalized spacial score (nSPS) is 11.4. The first kappa shape index (κ1) is 11.9. The molecule has 0 aliphatic carbocycles. The summed E-state index contributed by atoms with van der Waals surface area (Å²) in [5.41, 5.74) is 2.34. The van der Waals surface area contributed by atoms with Crippen LogP contribution >= 0.6 is 0 Å². The lowest BCUT2D eigenvalue weighted by molar-refractivity contribution is 0.266. The fraction of sp³-hybridized carbons (Fsp3) is 0.357. The maximum Gasteiger partial charge on any atom is 0.0645 e. The van der Waals surface area contributed by atoms with Crippen LogP contribution in [-0.4, -0.2) is 27.8 Å². The van der Waals surface area contributed by atoms with Crippen LogP contribution in [0.1, 0.15) is 19.4 Å². The van der Waals surface area contributed by atoms with Crippen molar-refractivity contribution < 1.29 is 0 Å². The summed E-state index contributed by atoms with van der Waals surface area (Å²) in [7, 11) is 2.13. The van der Waals surface area contributed by atoms with Crippen LogP contribution in [-0.2, 0) is 6.54 Å². The molecule has 1 aromatic carbocycles. The first-order valence-electron chi connectivity index (χ1n) is 5.96. The van der Waals surface area contributed by atoms with E-state index < -0.39 is 0 Å². The summed E-state index contributed by atoms with van der Waals surface area (Å²) in [5.74, 6) is 0. The molecule has 0 aliphatic rings. The second kappa shape index (κ2) is 5.15. The van der Waals surface area contributed by atoms with Crippen molar-refractivity contribution in [2.24, 2.45) is 0 Å². The summed E-state index contributed by atoms with van der Waals surface area (Å²) in [6.07, 6.45) is 4.03. The highest BCUT2D eigenvalue weighted by atomic mass is 15.3. The SMILES string of the molecule is CC(C)N(C)Cc1cnn(-c2ccccc2)c1. The van der Waals surface area contributed by atoms with Crippen LogP contribution in [0.2, 0.25) is 0 Å². The molecule has 0 N–H and O–H groups in total. The number of benzene rings is 1. The Morgan fingerprint density at radius 1 is 1.24 bits per heavy atom. The van der Waals surface area contributed by atoms with E-state index in [1.54, 1.807) is 0 Å². The molecule has 17 heavy (non-hydrogen) atoms. The maximum atomic E-state index is 4.39. The van der Waals surface area contributed by atoms with Crippen molar-refractivity contribution in [3.8, 4) is 5.69 Å². The average Bonchev–Trinajstić information content (AvgIpc) is 2.78. The van der Waals surface area contributed by atoms with Crippen LogP contribution in [0.15, 0.2) is 42.7 Å². The van der Waals surface area contributed by atoms with E-state index in [1.807, 2.05) is 29.1 Å². The van der Waals surface area contributed by atoms with Crippen LogP contribution in [0, 0.1) is 0 Å². The molecule has 0 saturated heterocycles. The largest absolute Gasteiger partial charge is 0.300 e. The first-order chi connectivity index (χ1) is 8.16. The van der Waals surface area contributed by atoms with Crippen molar-refractivity contribution >= 4 is 0 Å². The Hall–Kier alpha value is -1.61. The zero-order valence-electron chi connectivity index (χ0n) is 10.7. The molecule has 2 aromatic rings. The van der Waals surface area contributed by atoms with Crippen LogP contribution in [0.4, 0.5) is 0 Å². The minimum Gasteiger partial charge on any atom is -0.300 e. The van der Waals surface area contributed by atoms with E-state index in [4.69, 9.17) is 0 Å². The van der Waals surface area contributed by atoms with Gasteiger partial charge in [0, 0.05) is 24.3 Å². The third-order valence-electron chi connectivity index (χ3n) is 2.97. The number of aromatic nitrogens is 2. The summed E-state index contributed by atoms with van der Waals surface area (Å²) < 4.78 is 1.92. The molecular weight excluding hydrogens is 210 g/mol. The summed E-state index contributed by atoms with van der Waals surface area (Å²) in [6.45, 7) is 5.33. The van der Waals surface area contributed by atoms with Gasteiger partial charge in [0.15, 0.2) is 0 Å². The average molecular weight is 229 g/mol. The highest BCUT2D eigenvalue weighted by Gasteiger charge is 2.06. The fourth-order valence-electron chi connectivity index (χ4n) is 1.63. The predicted octanol–water partition coefficient (Wildman–Crippen LogP) is 2.71. The lowest BCUT2D eigenvalue weighted by Crippen LogP contribution is -2.25. The van der Waals surface area contributed by atoms with Crippen LogP contribution in [0.25, 0.3) is 5.69 Å². The van der Waals surface area contributed by atoms with Crippen LogP contribution < -0.4 is 0 Å². The third kappa shape index (κ3) is 2.94. The molecular formula is C14H19N3. The van der Waals surface area contributed by atoms with Crippen molar-refractivity contribution in [2.45, 2.75) is 26.4 Å². The minimum atomic E-state index is 0.551. The van der Waals surface area contributed by atoms with Gasteiger partial charge in [0.1, 0.15) is 0 Å². The monoisotopic (exact) mass is 229 g/mol. The van der Waals surface area contributed by atoms with Crippen molar-refractivity contribution in [1.29, 1.82) is 0 Å². The van der Waals surface area contributed by atoms with Crippen molar-refractivity contribution in [3.63, 3.8) is 0 Å². The van der Waals surface area contributed by atoms with E-state index in [2.05, 4.69) is 49.2 Å². The van der Waals surface area contributed by atoms with E-state index in [0.717, 1.165) is 12.2 Å². The molecule has 0 bridgehead atoms. The number of para-hydroxylation sites is 1. The van der Waals surface area contributed by atoms with Gasteiger partial charge in [-0.15, -0.1) is 0 Å². The van der Waals surface area contributed by atoms with Gasteiger partial charge >= 0.3 is 0 Å². The van der Waals surface area contributed by atoms with Crippen molar-refractivity contribution in [1.82, 2.24) is 14.7 Å². The van der Waals surface area contributed by atoms with Crippen molar-refractivity contribution in [3.05, 3.63) is 48.3 Å². The van der Waals surface area contributed by atoms with Crippen LogP contribution in [0.5, 0.6) is 0 Å². The third-order valence-corrected chi connectivity index (χ3v) is 2.97. The number of hydrogen-bond acceptors (Lipinski definition) is 2.